The van der Waals surface area contributed by atoms with Gasteiger partial charge in [0, 0.05) is 11.1 Å². The number of benzene rings is 2. The molecule has 0 saturated heterocycles. The summed E-state index contributed by atoms with van der Waals surface area (Å²) in [5.41, 5.74) is 1.13. The van der Waals surface area contributed by atoms with Crippen LogP contribution in [0.15, 0.2) is 60.7 Å². The second-order valence-electron chi connectivity index (χ2n) is 5.29. The lowest BCUT2D eigenvalue weighted by molar-refractivity contribution is 0.0802. The molecule has 2 aromatic rings. The van der Waals surface area contributed by atoms with E-state index < -0.39 is 0 Å². The van der Waals surface area contributed by atoms with Gasteiger partial charge in [-0.05, 0) is 22.9 Å². The summed E-state index contributed by atoms with van der Waals surface area (Å²) in [6, 6.07) is 11.5. The highest BCUT2D eigenvalue weighted by atomic mass is 16.1. The fourth-order valence-corrected chi connectivity index (χ4v) is 3.12. The van der Waals surface area contributed by atoms with Gasteiger partial charge in [0.2, 0.25) is 0 Å². The molecule has 2 unspecified atom stereocenters. The fourth-order valence-electron chi connectivity index (χ4n) is 3.12. The highest BCUT2D eigenvalue weighted by Crippen LogP contribution is 2.35. The first kappa shape index (κ1) is 11.4. The zero-order valence-corrected chi connectivity index (χ0v) is 10.7. The average Bonchev–Trinajstić information content (AvgIpc) is 2.51. The average molecular weight is 260 g/mol. The van der Waals surface area contributed by atoms with Gasteiger partial charge in [0.05, 0.1) is 11.8 Å². The zero-order chi connectivity index (χ0) is 13.7. The van der Waals surface area contributed by atoms with Gasteiger partial charge in [-0.2, -0.15) is 0 Å². The molecule has 0 saturated carbocycles. The van der Waals surface area contributed by atoms with Crippen LogP contribution in [-0.2, 0) is 0 Å². The summed E-state index contributed by atoms with van der Waals surface area (Å²) in [6.07, 6.45) is 7.36. The van der Waals surface area contributed by atoms with E-state index in [1.165, 1.54) is 0 Å². The Balaban J connectivity index is 2.00. The second-order valence-corrected chi connectivity index (χ2v) is 5.29. The van der Waals surface area contributed by atoms with E-state index >= 15 is 0 Å². The highest BCUT2D eigenvalue weighted by Gasteiger charge is 2.39. The van der Waals surface area contributed by atoms with Gasteiger partial charge in [0.25, 0.3) is 0 Å². The maximum atomic E-state index is 12.6. The van der Waals surface area contributed by atoms with Crippen LogP contribution in [-0.4, -0.2) is 11.6 Å². The minimum Gasteiger partial charge on any atom is -0.293 e. The predicted octanol–water partition coefficient (Wildman–Crippen LogP) is 3.58. The third kappa shape index (κ3) is 1.45. The van der Waals surface area contributed by atoms with E-state index in [2.05, 4.69) is 0 Å². The molecule has 0 spiro atoms. The van der Waals surface area contributed by atoms with Crippen LogP contribution < -0.4 is 0 Å². The Labute approximate surface area is 116 Å². The molecule has 0 aromatic heterocycles. The van der Waals surface area contributed by atoms with Crippen molar-refractivity contribution in [2.75, 3.05) is 0 Å². The monoisotopic (exact) mass is 260 g/mol. The van der Waals surface area contributed by atoms with Crippen LogP contribution in [0.5, 0.6) is 0 Å². The van der Waals surface area contributed by atoms with Gasteiger partial charge in [-0.1, -0.05) is 48.6 Å². The summed E-state index contributed by atoms with van der Waals surface area (Å²) in [7, 11) is 0. The van der Waals surface area contributed by atoms with Gasteiger partial charge in [-0.3, -0.25) is 9.59 Å². The molecule has 0 aliphatic heterocycles. The SMILES string of the molecule is O=C1c2cc3ccccc3cc2C(=O)C2C=CC=CC12. The summed E-state index contributed by atoms with van der Waals surface area (Å²) < 4.78 is 0. The zero-order valence-electron chi connectivity index (χ0n) is 10.7. The maximum absolute atomic E-state index is 12.6. The maximum Gasteiger partial charge on any atom is 0.171 e. The number of carbonyl (C=O) groups is 2. The minimum atomic E-state index is -0.332. The van der Waals surface area contributed by atoms with Crippen LogP contribution in [0.25, 0.3) is 10.8 Å². The topological polar surface area (TPSA) is 34.1 Å². The van der Waals surface area contributed by atoms with Crippen molar-refractivity contribution in [3.63, 3.8) is 0 Å². The first-order valence-electron chi connectivity index (χ1n) is 6.72. The Bertz CT molecular complexity index is 743. The Kier molecular flexibility index (Phi) is 2.27. The van der Waals surface area contributed by atoms with Crippen molar-refractivity contribution < 1.29 is 9.59 Å². The molecule has 96 valence electrons. The molecule has 4 rings (SSSR count). The summed E-state index contributed by atoms with van der Waals surface area (Å²) in [5.74, 6) is -0.561. The van der Waals surface area contributed by atoms with Crippen molar-refractivity contribution in [2.24, 2.45) is 11.8 Å². The molecule has 0 bridgehead atoms. The molecule has 0 fully saturated rings. The smallest absolute Gasteiger partial charge is 0.171 e. The van der Waals surface area contributed by atoms with Gasteiger partial charge in [-0.25, -0.2) is 0 Å². The van der Waals surface area contributed by atoms with Crippen LogP contribution in [0.1, 0.15) is 20.7 Å². The molecule has 0 N–H and O–H groups in total. The number of rotatable bonds is 0. The van der Waals surface area contributed by atoms with E-state index in [1.807, 2.05) is 60.7 Å². The van der Waals surface area contributed by atoms with Gasteiger partial charge in [0.1, 0.15) is 0 Å². The molecule has 0 heterocycles. The van der Waals surface area contributed by atoms with Gasteiger partial charge in [-0.15, -0.1) is 0 Å². The minimum absolute atomic E-state index is 0.0518. The summed E-state index contributed by atoms with van der Waals surface area (Å²) >= 11 is 0. The number of carbonyl (C=O) groups excluding carboxylic acids is 2. The van der Waals surface area contributed by atoms with E-state index in [1.54, 1.807) is 0 Å². The van der Waals surface area contributed by atoms with E-state index in [-0.39, 0.29) is 23.4 Å². The predicted molar refractivity (Wildman–Crippen MR) is 77.9 cm³/mol. The number of ketones is 2. The summed E-state index contributed by atoms with van der Waals surface area (Å²) in [4.78, 5) is 25.2. The Morgan fingerprint density at radius 1 is 0.700 bits per heavy atom. The number of fused-ring (bicyclic) bond motifs is 3. The molecule has 20 heavy (non-hydrogen) atoms. The number of hydrogen-bond donors (Lipinski definition) is 0. The molecule has 2 aromatic carbocycles. The third-order valence-corrected chi connectivity index (χ3v) is 4.16. The van der Waals surface area contributed by atoms with Crippen molar-refractivity contribution >= 4 is 22.3 Å². The second kappa shape index (κ2) is 4.01. The molecule has 2 aliphatic carbocycles. The van der Waals surface area contributed by atoms with Gasteiger partial charge >= 0.3 is 0 Å². The Morgan fingerprint density at radius 2 is 1.15 bits per heavy atom. The lowest BCUT2D eigenvalue weighted by Gasteiger charge is -2.28. The van der Waals surface area contributed by atoms with Crippen molar-refractivity contribution in [3.05, 3.63) is 71.8 Å². The molecular formula is C18H12O2. The van der Waals surface area contributed by atoms with Gasteiger partial charge < -0.3 is 0 Å². The van der Waals surface area contributed by atoms with E-state index in [0.29, 0.717) is 11.1 Å². The first-order valence-corrected chi connectivity index (χ1v) is 6.72. The number of allylic oxidation sites excluding steroid dienone is 4. The fraction of sp³-hybridized carbons (Fsp3) is 0.111. The molecule has 2 nitrogen and oxygen atoms in total. The Morgan fingerprint density at radius 3 is 1.60 bits per heavy atom. The van der Waals surface area contributed by atoms with Crippen molar-refractivity contribution in [3.8, 4) is 0 Å². The molecule has 0 amide bonds. The Hall–Kier alpha value is -2.48. The van der Waals surface area contributed by atoms with E-state index in [4.69, 9.17) is 0 Å². The van der Waals surface area contributed by atoms with E-state index in [0.717, 1.165) is 10.8 Å². The lowest BCUT2D eigenvalue weighted by atomic mass is 9.72. The van der Waals surface area contributed by atoms with Crippen molar-refractivity contribution in [1.29, 1.82) is 0 Å². The van der Waals surface area contributed by atoms with Crippen LogP contribution in [0.4, 0.5) is 0 Å². The molecule has 2 heteroatoms. The van der Waals surface area contributed by atoms with Gasteiger partial charge in [0.15, 0.2) is 11.6 Å². The van der Waals surface area contributed by atoms with E-state index in [9.17, 15) is 9.59 Å². The molecule has 2 aliphatic rings. The van der Waals surface area contributed by atoms with Crippen molar-refractivity contribution in [2.45, 2.75) is 0 Å². The largest absolute Gasteiger partial charge is 0.293 e. The van der Waals surface area contributed by atoms with Crippen LogP contribution >= 0.6 is 0 Å². The van der Waals surface area contributed by atoms with Crippen molar-refractivity contribution in [1.82, 2.24) is 0 Å². The highest BCUT2D eigenvalue weighted by molar-refractivity contribution is 6.19. The molecular weight excluding hydrogens is 248 g/mol. The lowest BCUT2D eigenvalue weighted by Crippen LogP contribution is -2.35. The van der Waals surface area contributed by atoms with Crippen LogP contribution in [0, 0.1) is 11.8 Å². The molecule has 0 radical (unpaired) electrons. The third-order valence-electron chi connectivity index (χ3n) is 4.16. The number of hydrogen-bond acceptors (Lipinski definition) is 2. The first-order chi connectivity index (χ1) is 9.75. The quantitative estimate of drug-likeness (QED) is 0.725. The molecule has 2 atom stereocenters. The number of Topliss-reactive ketones (excluding diaryl/α,β-unsaturated/α-hetero) is 2. The normalized spacial score (nSPS) is 23.8. The van der Waals surface area contributed by atoms with Crippen LogP contribution in [0.2, 0.25) is 0 Å². The summed E-state index contributed by atoms with van der Waals surface area (Å²) in [6.45, 7) is 0. The summed E-state index contributed by atoms with van der Waals surface area (Å²) in [5, 5.41) is 2.00. The van der Waals surface area contributed by atoms with Crippen LogP contribution in [0.3, 0.4) is 0 Å². The standard InChI is InChI=1S/C18H12O2/c19-17-13-7-3-4-8-14(13)18(20)16-10-12-6-2-1-5-11(12)9-15(16)17/h1-10,13-14H.